The maximum atomic E-state index is 13.6. The van der Waals surface area contributed by atoms with Gasteiger partial charge < -0.3 is 5.32 Å². The van der Waals surface area contributed by atoms with Crippen LogP contribution in [0.4, 0.5) is 0 Å². The molecule has 0 amide bonds. The fourth-order valence-electron chi connectivity index (χ4n) is 4.85. The molecule has 0 bridgehead atoms. The maximum Gasteiger partial charge on any atom is 0.257 e. The van der Waals surface area contributed by atoms with Crippen molar-refractivity contribution in [2.24, 2.45) is 0 Å². The number of nitrogens with zero attached hydrogens (tertiary/aromatic N) is 3. The smallest absolute Gasteiger partial charge is 0.257 e. The quantitative estimate of drug-likeness (QED) is 0.508. The van der Waals surface area contributed by atoms with Gasteiger partial charge in [0.25, 0.3) is 5.56 Å². The van der Waals surface area contributed by atoms with Crippen LogP contribution in [0.25, 0.3) is 0 Å². The Bertz CT molecular complexity index is 1110. The fourth-order valence-corrected chi connectivity index (χ4v) is 4.85. The molecule has 4 rings (SSSR count). The first-order valence-electron chi connectivity index (χ1n) is 12.2. The van der Waals surface area contributed by atoms with Crippen LogP contribution >= 0.6 is 0 Å². The molecule has 1 unspecified atom stereocenters. The van der Waals surface area contributed by atoms with E-state index < -0.39 is 0 Å². The Kier molecular flexibility index (Phi) is 7.73. The molecule has 1 aliphatic rings. The van der Waals surface area contributed by atoms with Crippen LogP contribution < -0.4 is 10.9 Å². The minimum absolute atomic E-state index is 0.0713. The van der Waals surface area contributed by atoms with E-state index in [1.807, 2.05) is 29.8 Å². The third-order valence-corrected chi connectivity index (χ3v) is 6.68. The van der Waals surface area contributed by atoms with Crippen molar-refractivity contribution in [2.75, 3.05) is 20.1 Å². The highest BCUT2D eigenvalue weighted by atomic mass is 16.1. The summed E-state index contributed by atoms with van der Waals surface area (Å²) < 4.78 is 1.95. The van der Waals surface area contributed by atoms with Gasteiger partial charge in [-0.15, -0.1) is 0 Å². The second-order valence-corrected chi connectivity index (χ2v) is 9.11. The van der Waals surface area contributed by atoms with Crippen LogP contribution in [-0.4, -0.2) is 34.6 Å². The van der Waals surface area contributed by atoms with E-state index in [-0.39, 0.29) is 11.6 Å². The first kappa shape index (κ1) is 23.4. The lowest BCUT2D eigenvalue weighted by molar-refractivity contribution is 0.172. The zero-order chi connectivity index (χ0) is 23.2. The molecule has 33 heavy (non-hydrogen) atoms. The molecule has 0 aliphatic heterocycles. The molecular weight excluding hydrogens is 408 g/mol. The Labute approximate surface area is 197 Å². The Morgan fingerprint density at radius 1 is 1.06 bits per heavy atom. The van der Waals surface area contributed by atoms with Crippen molar-refractivity contribution in [3.8, 4) is 0 Å². The number of hydrogen-bond acceptors (Lipinski definition) is 4. The molecule has 174 valence electrons. The van der Waals surface area contributed by atoms with Gasteiger partial charge in [-0.05, 0) is 50.8 Å². The molecule has 0 spiro atoms. The second kappa shape index (κ2) is 10.9. The average molecular weight is 445 g/mol. The molecule has 2 aromatic carbocycles. The molecule has 1 N–H and O–H groups in total. The van der Waals surface area contributed by atoms with Crippen LogP contribution in [0.3, 0.4) is 0 Å². The van der Waals surface area contributed by atoms with Gasteiger partial charge in [0.1, 0.15) is 5.82 Å². The van der Waals surface area contributed by atoms with Crippen LogP contribution in [0, 0.1) is 6.92 Å². The molecule has 5 heteroatoms. The molecule has 1 aromatic heterocycles. The number of likely N-dealkylation sites (N-methyl/N-ethyl adjacent to an activating group) is 1. The van der Waals surface area contributed by atoms with Crippen LogP contribution in [0.1, 0.15) is 59.6 Å². The highest BCUT2D eigenvalue weighted by Crippen LogP contribution is 2.27. The van der Waals surface area contributed by atoms with E-state index in [1.54, 1.807) is 0 Å². The third-order valence-electron chi connectivity index (χ3n) is 6.68. The molecule has 0 radical (unpaired) electrons. The minimum Gasteiger partial charge on any atom is -0.318 e. The van der Waals surface area contributed by atoms with Gasteiger partial charge in [0.05, 0.1) is 18.3 Å². The molecule has 3 aromatic rings. The molecular formula is C28H36N4O. The van der Waals surface area contributed by atoms with E-state index >= 15 is 0 Å². The average Bonchev–Trinajstić information content (AvgIpc) is 3.31. The number of aromatic nitrogens is 2. The van der Waals surface area contributed by atoms with Crippen molar-refractivity contribution in [3.05, 3.63) is 98.7 Å². The number of benzene rings is 2. The number of aryl methyl sites for hydroxylation is 2. The number of hydrogen-bond donors (Lipinski definition) is 1. The van der Waals surface area contributed by atoms with Gasteiger partial charge in [0.15, 0.2) is 0 Å². The molecule has 0 saturated heterocycles. The van der Waals surface area contributed by atoms with E-state index in [0.717, 1.165) is 68.0 Å². The molecule has 1 aliphatic carbocycles. The number of nitrogens with one attached hydrogen (secondary N) is 1. The van der Waals surface area contributed by atoms with Gasteiger partial charge in [-0.3, -0.25) is 14.3 Å². The van der Waals surface area contributed by atoms with Gasteiger partial charge >= 0.3 is 0 Å². The van der Waals surface area contributed by atoms with Crippen molar-refractivity contribution in [1.82, 2.24) is 19.8 Å². The normalized spacial score (nSPS) is 13.9. The van der Waals surface area contributed by atoms with E-state index in [4.69, 9.17) is 4.98 Å². The monoisotopic (exact) mass is 444 g/mol. The van der Waals surface area contributed by atoms with E-state index in [2.05, 4.69) is 60.5 Å². The predicted octanol–water partition coefficient (Wildman–Crippen LogP) is 4.26. The van der Waals surface area contributed by atoms with E-state index in [9.17, 15) is 4.79 Å². The summed E-state index contributed by atoms with van der Waals surface area (Å²) in [5, 5.41) is 3.30. The van der Waals surface area contributed by atoms with Crippen molar-refractivity contribution in [3.63, 3.8) is 0 Å². The molecule has 1 atom stereocenters. The summed E-state index contributed by atoms with van der Waals surface area (Å²) >= 11 is 0. The zero-order valence-corrected chi connectivity index (χ0v) is 20.2. The zero-order valence-electron chi connectivity index (χ0n) is 20.2. The van der Waals surface area contributed by atoms with E-state index in [0.29, 0.717) is 6.54 Å². The Morgan fingerprint density at radius 3 is 2.52 bits per heavy atom. The van der Waals surface area contributed by atoms with Crippen LogP contribution in [-0.2, 0) is 25.9 Å². The summed E-state index contributed by atoms with van der Waals surface area (Å²) in [4.78, 5) is 21.3. The SMILES string of the molecule is CCC(c1nc2c(c(=O)n1Cc1ccccc1)CCC2)N(CCNC)Cc1ccc(C)cc1. The molecule has 5 nitrogen and oxygen atoms in total. The van der Waals surface area contributed by atoms with Gasteiger partial charge in [-0.1, -0.05) is 67.1 Å². The lowest BCUT2D eigenvalue weighted by Crippen LogP contribution is -2.39. The lowest BCUT2D eigenvalue weighted by atomic mass is 10.1. The number of rotatable bonds is 10. The minimum atomic E-state index is 0.0713. The van der Waals surface area contributed by atoms with Crippen LogP contribution in [0.15, 0.2) is 59.4 Å². The summed E-state index contributed by atoms with van der Waals surface area (Å²) in [6.45, 7) is 7.50. The van der Waals surface area contributed by atoms with Gasteiger partial charge in [0, 0.05) is 25.2 Å². The molecule has 0 saturated carbocycles. The molecule has 0 fully saturated rings. The first-order valence-corrected chi connectivity index (χ1v) is 12.2. The summed E-state index contributed by atoms with van der Waals surface area (Å²) in [5.41, 5.74) is 5.78. The van der Waals surface area contributed by atoms with Crippen LogP contribution in [0.5, 0.6) is 0 Å². The number of fused-ring (bicyclic) bond motifs is 1. The van der Waals surface area contributed by atoms with Crippen molar-refractivity contribution >= 4 is 0 Å². The topological polar surface area (TPSA) is 50.2 Å². The maximum absolute atomic E-state index is 13.6. The predicted molar refractivity (Wildman–Crippen MR) is 135 cm³/mol. The lowest BCUT2D eigenvalue weighted by Gasteiger charge is -2.32. The third kappa shape index (κ3) is 5.43. The largest absolute Gasteiger partial charge is 0.318 e. The van der Waals surface area contributed by atoms with Crippen LogP contribution in [0.2, 0.25) is 0 Å². The first-order chi connectivity index (χ1) is 16.1. The highest BCUT2D eigenvalue weighted by Gasteiger charge is 2.28. The van der Waals surface area contributed by atoms with Crippen molar-refractivity contribution < 1.29 is 0 Å². The Balaban J connectivity index is 1.76. The highest BCUT2D eigenvalue weighted by molar-refractivity contribution is 5.27. The van der Waals surface area contributed by atoms with Gasteiger partial charge in [-0.2, -0.15) is 0 Å². The van der Waals surface area contributed by atoms with Gasteiger partial charge in [0.2, 0.25) is 0 Å². The Hall–Kier alpha value is -2.76. The standard InChI is InChI=1S/C28H36N4O/c1-4-26(31(18-17-29-3)19-23-15-13-21(2)14-16-23)27-30-25-12-8-11-24(25)28(33)32(27)20-22-9-6-5-7-10-22/h5-7,9-10,13-16,26,29H,4,8,11-12,17-20H2,1-3H3. The Morgan fingerprint density at radius 2 is 1.82 bits per heavy atom. The molecule has 1 heterocycles. The summed E-state index contributed by atoms with van der Waals surface area (Å²) in [7, 11) is 1.99. The van der Waals surface area contributed by atoms with Gasteiger partial charge in [-0.25, -0.2) is 4.98 Å². The summed E-state index contributed by atoms with van der Waals surface area (Å²) in [5.74, 6) is 0.912. The van der Waals surface area contributed by atoms with Crippen molar-refractivity contribution in [1.29, 1.82) is 0 Å². The van der Waals surface area contributed by atoms with Crippen molar-refractivity contribution in [2.45, 2.75) is 58.7 Å². The van der Waals surface area contributed by atoms with E-state index in [1.165, 1.54) is 11.1 Å². The summed E-state index contributed by atoms with van der Waals surface area (Å²) in [6.07, 6.45) is 3.68. The fraction of sp³-hybridized carbons (Fsp3) is 0.429. The summed E-state index contributed by atoms with van der Waals surface area (Å²) in [6, 6.07) is 19.1. The second-order valence-electron chi connectivity index (χ2n) is 9.11.